The second-order valence-electron chi connectivity index (χ2n) is 7.52. The fourth-order valence-electron chi connectivity index (χ4n) is 2.83. The monoisotopic (exact) mass is 395 g/mol. The summed E-state index contributed by atoms with van der Waals surface area (Å²) in [6.45, 7) is 6.23. The standard InChI is InChI=1S/C23H29N3O3/c1-17(2)15-26(23(29)13-19-7-5-4-6-8-19)16-22(28)24-14-21(27)25-20-11-9-18(3)10-12-20/h4-12,17H,13-16H2,1-3H3,(H,24,28)(H,25,27). The first-order chi connectivity index (χ1) is 13.8. The Hall–Kier alpha value is -3.15. The molecule has 0 saturated heterocycles. The first-order valence-corrected chi connectivity index (χ1v) is 9.78. The molecule has 0 spiro atoms. The number of nitrogens with zero attached hydrogens (tertiary/aromatic N) is 1. The van der Waals surface area contributed by atoms with Crippen LogP contribution in [0.1, 0.15) is 25.0 Å². The van der Waals surface area contributed by atoms with Gasteiger partial charge in [0, 0.05) is 12.2 Å². The van der Waals surface area contributed by atoms with Gasteiger partial charge in [-0.25, -0.2) is 0 Å². The molecule has 3 amide bonds. The van der Waals surface area contributed by atoms with Crippen LogP contribution in [-0.4, -0.2) is 42.3 Å². The topological polar surface area (TPSA) is 78.5 Å². The van der Waals surface area contributed by atoms with Gasteiger partial charge >= 0.3 is 0 Å². The molecule has 154 valence electrons. The Balaban J connectivity index is 1.85. The van der Waals surface area contributed by atoms with Crippen LogP contribution in [0.3, 0.4) is 0 Å². The highest BCUT2D eigenvalue weighted by Crippen LogP contribution is 2.08. The van der Waals surface area contributed by atoms with Crippen molar-refractivity contribution >= 4 is 23.4 Å². The Kier molecular flexibility index (Phi) is 8.40. The number of rotatable bonds is 9. The summed E-state index contributed by atoms with van der Waals surface area (Å²) >= 11 is 0. The molecule has 0 saturated carbocycles. The number of amides is 3. The van der Waals surface area contributed by atoms with Crippen molar-refractivity contribution in [1.82, 2.24) is 10.2 Å². The minimum absolute atomic E-state index is 0.0678. The van der Waals surface area contributed by atoms with Crippen molar-refractivity contribution < 1.29 is 14.4 Å². The Morgan fingerprint density at radius 3 is 2.21 bits per heavy atom. The van der Waals surface area contributed by atoms with Crippen LogP contribution in [-0.2, 0) is 20.8 Å². The van der Waals surface area contributed by atoms with Crippen molar-refractivity contribution in [3.8, 4) is 0 Å². The molecule has 2 rings (SSSR count). The van der Waals surface area contributed by atoms with E-state index in [9.17, 15) is 14.4 Å². The lowest BCUT2D eigenvalue weighted by Gasteiger charge is -2.24. The molecule has 0 aromatic heterocycles. The number of hydrogen-bond acceptors (Lipinski definition) is 3. The van der Waals surface area contributed by atoms with Crippen LogP contribution in [0.15, 0.2) is 54.6 Å². The molecule has 0 aliphatic carbocycles. The van der Waals surface area contributed by atoms with Crippen LogP contribution < -0.4 is 10.6 Å². The fourth-order valence-corrected chi connectivity index (χ4v) is 2.83. The highest BCUT2D eigenvalue weighted by atomic mass is 16.2. The summed E-state index contributed by atoms with van der Waals surface area (Å²) in [5, 5.41) is 5.32. The van der Waals surface area contributed by atoms with E-state index in [2.05, 4.69) is 10.6 Å². The highest BCUT2D eigenvalue weighted by molar-refractivity contribution is 5.95. The van der Waals surface area contributed by atoms with Crippen molar-refractivity contribution in [2.24, 2.45) is 5.92 Å². The van der Waals surface area contributed by atoms with Crippen molar-refractivity contribution in [1.29, 1.82) is 0 Å². The molecule has 0 heterocycles. The van der Waals surface area contributed by atoms with Gasteiger partial charge in [0.15, 0.2) is 0 Å². The number of carbonyl (C=O) groups is 3. The van der Waals surface area contributed by atoms with Gasteiger partial charge in [-0.2, -0.15) is 0 Å². The maximum atomic E-state index is 12.7. The normalized spacial score (nSPS) is 10.5. The van der Waals surface area contributed by atoms with Crippen LogP contribution in [0.5, 0.6) is 0 Å². The predicted octanol–water partition coefficient (Wildman–Crippen LogP) is 2.78. The van der Waals surface area contributed by atoms with Crippen LogP contribution in [0.25, 0.3) is 0 Å². The van der Waals surface area contributed by atoms with Gasteiger partial charge in [-0.1, -0.05) is 61.9 Å². The third kappa shape index (κ3) is 8.17. The van der Waals surface area contributed by atoms with Gasteiger partial charge in [0.25, 0.3) is 0 Å². The first kappa shape index (κ1) is 22.1. The number of carbonyl (C=O) groups excluding carboxylic acids is 3. The molecule has 0 fully saturated rings. The third-order valence-corrected chi connectivity index (χ3v) is 4.25. The summed E-state index contributed by atoms with van der Waals surface area (Å²) in [6.07, 6.45) is 0.245. The second kappa shape index (κ2) is 11.0. The van der Waals surface area contributed by atoms with Gasteiger partial charge in [-0.15, -0.1) is 0 Å². The van der Waals surface area contributed by atoms with E-state index in [-0.39, 0.29) is 43.1 Å². The lowest BCUT2D eigenvalue weighted by Crippen LogP contribution is -2.44. The molecular formula is C23H29N3O3. The minimum atomic E-state index is -0.355. The van der Waals surface area contributed by atoms with Gasteiger partial charge in [0.05, 0.1) is 19.5 Å². The van der Waals surface area contributed by atoms with E-state index in [0.717, 1.165) is 11.1 Å². The van der Waals surface area contributed by atoms with Gasteiger partial charge in [-0.3, -0.25) is 14.4 Å². The van der Waals surface area contributed by atoms with E-state index >= 15 is 0 Å². The summed E-state index contributed by atoms with van der Waals surface area (Å²) in [4.78, 5) is 38.5. The van der Waals surface area contributed by atoms with Gasteiger partial charge in [0.2, 0.25) is 17.7 Å². The first-order valence-electron chi connectivity index (χ1n) is 9.78. The van der Waals surface area contributed by atoms with Crippen LogP contribution in [0.4, 0.5) is 5.69 Å². The van der Waals surface area contributed by atoms with E-state index in [4.69, 9.17) is 0 Å². The number of nitrogens with one attached hydrogen (secondary N) is 2. The lowest BCUT2D eigenvalue weighted by molar-refractivity contribution is -0.136. The third-order valence-electron chi connectivity index (χ3n) is 4.25. The lowest BCUT2D eigenvalue weighted by atomic mass is 10.1. The average Bonchev–Trinajstić information content (AvgIpc) is 2.68. The number of anilines is 1. The zero-order chi connectivity index (χ0) is 21.2. The molecule has 2 N–H and O–H groups in total. The molecule has 6 nitrogen and oxygen atoms in total. The Morgan fingerprint density at radius 2 is 1.59 bits per heavy atom. The van der Waals surface area contributed by atoms with Crippen molar-refractivity contribution in [3.63, 3.8) is 0 Å². The van der Waals surface area contributed by atoms with Crippen molar-refractivity contribution in [2.75, 3.05) is 25.0 Å². The Morgan fingerprint density at radius 1 is 0.931 bits per heavy atom. The largest absolute Gasteiger partial charge is 0.345 e. The maximum absolute atomic E-state index is 12.7. The summed E-state index contributed by atoms with van der Waals surface area (Å²) in [6, 6.07) is 16.9. The fraction of sp³-hybridized carbons (Fsp3) is 0.348. The van der Waals surface area contributed by atoms with Crippen LogP contribution >= 0.6 is 0 Å². The van der Waals surface area contributed by atoms with E-state index < -0.39 is 0 Å². The highest BCUT2D eigenvalue weighted by Gasteiger charge is 2.19. The quantitative estimate of drug-likeness (QED) is 0.685. The molecule has 29 heavy (non-hydrogen) atoms. The molecule has 6 heteroatoms. The smallest absolute Gasteiger partial charge is 0.243 e. The second-order valence-corrected chi connectivity index (χ2v) is 7.52. The van der Waals surface area contributed by atoms with Crippen LogP contribution in [0, 0.1) is 12.8 Å². The summed E-state index contributed by atoms with van der Waals surface area (Å²) in [5.74, 6) is -0.546. The van der Waals surface area contributed by atoms with Crippen molar-refractivity contribution in [2.45, 2.75) is 27.2 Å². The van der Waals surface area contributed by atoms with Gasteiger partial charge < -0.3 is 15.5 Å². The molecule has 0 atom stereocenters. The van der Waals surface area contributed by atoms with Gasteiger partial charge in [-0.05, 0) is 30.5 Å². The predicted molar refractivity (Wildman–Crippen MR) is 114 cm³/mol. The molecule has 0 aliphatic heterocycles. The SMILES string of the molecule is Cc1ccc(NC(=O)CNC(=O)CN(CC(C)C)C(=O)Cc2ccccc2)cc1. The van der Waals surface area contributed by atoms with E-state index in [1.807, 2.05) is 75.4 Å². The maximum Gasteiger partial charge on any atom is 0.243 e. The van der Waals surface area contributed by atoms with Gasteiger partial charge in [0.1, 0.15) is 0 Å². The Labute approximate surface area is 172 Å². The summed E-state index contributed by atoms with van der Waals surface area (Å²) < 4.78 is 0. The molecular weight excluding hydrogens is 366 g/mol. The molecule has 0 bridgehead atoms. The Bertz CT molecular complexity index is 817. The average molecular weight is 396 g/mol. The minimum Gasteiger partial charge on any atom is -0.345 e. The van der Waals surface area contributed by atoms with E-state index in [1.54, 1.807) is 4.90 Å². The number of benzene rings is 2. The van der Waals surface area contributed by atoms with Crippen LogP contribution in [0.2, 0.25) is 0 Å². The number of hydrogen-bond donors (Lipinski definition) is 2. The molecule has 2 aromatic rings. The molecule has 0 radical (unpaired) electrons. The zero-order valence-corrected chi connectivity index (χ0v) is 17.3. The summed E-state index contributed by atoms with van der Waals surface area (Å²) in [5.41, 5.74) is 2.68. The van der Waals surface area contributed by atoms with E-state index in [1.165, 1.54) is 0 Å². The summed E-state index contributed by atoms with van der Waals surface area (Å²) in [7, 11) is 0. The zero-order valence-electron chi connectivity index (χ0n) is 17.3. The van der Waals surface area contributed by atoms with Crippen molar-refractivity contribution in [3.05, 3.63) is 65.7 Å². The molecule has 2 aromatic carbocycles. The molecule has 0 unspecified atom stereocenters. The number of aryl methyl sites for hydroxylation is 1. The molecule has 0 aliphatic rings. The van der Waals surface area contributed by atoms with E-state index in [0.29, 0.717) is 12.2 Å².